The Bertz CT molecular complexity index is 282. The standard InChI is InChI=1S/C11H19N3S/c1-9-8-11(14-10(2)13-9)12-6-4-5-7-15-3/h8H,4-7H2,1-3H3,(H,12,13,14). The van der Waals surface area contributed by atoms with E-state index in [9.17, 15) is 0 Å². The summed E-state index contributed by atoms with van der Waals surface area (Å²) in [5.74, 6) is 3.02. The largest absolute Gasteiger partial charge is 0.370 e. The van der Waals surface area contributed by atoms with Gasteiger partial charge >= 0.3 is 0 Å². The van der Waals surface area contributed by atoms with E-state index in [1.165, 1.54) is 18.6 Å². The van der Waals surface area contributed by atoms with Crippen LogP contribution in [0.3, 0.4) is 0 Å². The van der Waals surface area contributed by atoms with Crippen LogP contribution >= 0.6 is 11.8 Å². The van der Waals surface area contributed by atoms with Crippen molar-refractivity contribution in [1.29, 1.82) is 0 Å². The van der Waals surface area contributed by atoms with Gasteiger partial charge < -0.3 is 5.32 Å². The minimum Gasteiger partial charge on any atom is -0.370 e. The first kappa shape index (κ1) is 12.3. The summed E-state index contributed by atoms with van der Waals surface area (Å²) in [5.41, 5.74) is 1.02. The predicted molar refractivity (Wildman–Crippen MR) is 67.6 cm³/mol. The van der Waals surface area contributed by atoms with Crippen molar-refractivity contribution in [3.63, 3.8) is 0 Å². The highest BCUT2D eigenvalue weighted by Gasteiger charge is 1.97. The number of unbranched alkanes of at least 4 members (excludes halogenated alkanes) is 1. The van der Waals surface area contributed by atoms with Crippen LogP contribution in [0.1, 0.15) is 24.4 Å². The Balaban J connectivity index is 2.31. The molecule has 84 valence electrons. The second-order valence-corrected chi connectivity index (χ2v) is 4.55. The van der Waals surface area contributed by atoms with E-state index in [2.05, 4.69) is 21.5 Å². The maximum atomic E-state index is 4.32. The molecule has 0 atom stereocenters. The summed E-state index contributed by atoms with van der Waals surface area (Å²) >= 11 is 1.90. The van der Waals surface area contributed by atoms with Gasteiger partial charge in [-0.3, -0.25) is 0 Å². The van der Waals surface area contributed by atoms with Crippen molar-refractivity contribution in [3.8, 4) is 0 Å². The first-order chi connectivity index (χ1) is 7.22. The summed E-state index contributed by atoms with van der Waals surface area (Å²) in [7, 11) is 0. The van der Waals surface area contributed by atoms with E-state index in [4.69, 9.17) is 0 Å². The van der Waals surface area contributed by atoms with Gasteiger partial charge in [0.2, 0.25) is 0 Å². The first-order valence-corrected chi connectivity index (χ1v) is 6.67. The van der Waals surface area contributed by atoms with Gasteiger partial charge in [0.05, 0.1) is 0 Å². The van der Waals surface area contributed by atoms with Crippen LogP contribution in [0, 0.1) is 13.8 Å². The number of nitrogens with zero attached hydrogens (tertiary/aromatic N) is 2. The molecule has 0 aliphatic heterocycles. The summed E-state index contributed by atoms with van der Waals surface area (Å²) in [6.45, 7) is 4.91. The topological polar surface area (TPSA) is 37.8 Å². The lowest BCUT2D eigenvalue weighted by Gasteiger charge is -2.06. The Morgan fingerprint density at radius 1 is 1.27 bits per heavy atom. The van der Waals surface area contributed by atoms with Crippen LogP contribution in [-0.4, -0.2) is 28.5 Å². The highest BCUT2D eigenvalue weighted by molar-refractivity contribution is 7.98. The molecule has 0 bridgehead atoms. The summed E-state index contributed by atoms with van der Waals surface area (Å²) in [6.07, 6.45) is 4.60. The van der Waals surface area contributed by atoms with Crippen LogP contribution in [0.15, 0.2) is 6.07 Å². The van der Waals surface area contributed by atoms with Crippen LogP contribution in [0.5, 0.6) is 0 Å². The summed E-state index contributed by atoms with van der Waals surface area (Å²) in [5, 5.41) is 3.32. The Morgan fingerprint density at radius 3 is 2.73 bits per heavy atom. The molecule has 0 unspecified atom stereocenters. The van der Waals surface area contributed by atoms with Crippen LogP contribution in [0.25, 0.3) is 0 Å². The third kappa shape index (κ3) is 5.02. The Morgan fingerprint density at radius 2 is 2.07 bits per heavy atom. The number of aromatic nitrogens is 2. The minimum absolute atomic E-state index is 0.835. The Labute approximate surface area is 96.1 Å². The van der Waals surface area contributed by atoms with Gasteiger partial charge in [-0.25, -0.2) is 9.97 Å². The second-order valence-electron chi connectivity index (χ2n) is 3.57. The van der Waals surface area contributed by atoms with Crippen molar-refractivity contribution in [1.82, 2.24) is 9.97 Å². The van der Waals surface area contributed by atoms with E-state index in [1.54, 1.807) is 0 Å². The first-order valence-electron chi connectivity index (χ1n) is 5.27. The van der Waals surface area contributed by atoms with E-state index >= 15 is 0 Å². The molecule has 1 heterocycles. The lowest BCUT2D eigenvalue weighted by atomic mass is 10.3. The van der Waals surface area contributed by atoms with E-state index < -0.39 is 0 Å². The molecule has 4 heteroatoms. The van der Waals surface area contributed by atoms with Gasteiger partial charge in [0, 0.05) is 18.3 Å². The van der Waals surface area contributed by atoms with Crippen LogP contribution in [0.2, 0.25) is 0 Å². The third-order valence-electron chi connectivity index (χ3n) is 2.05. The molecular formula is C11H19N3S. The summed E-state index contributed by atoms with van der Waals surface area (Å²) < 4.78 is 0. The molecule has 1 aromatic heterocycles. The zero-order chi connectivity index (χ0) is 11.1. The Hall–Kier alpha value is -0.770. The molecular weight excluding hydrogens is 206 g/mol. The molecule has 0 aromatic carbocycles. The highest BCUT2D eigenvalue weighted by Crippen LogP contribution is 2.06. The number of aryl methyl sites for hydroxylation is 2. The van der Waals surface area contributed by atoms with Crippen molar-refractivity contribution < 1.29 is 0 Å². The molecule has 3 nitrogen and oxygen atoms in total. The fourth-order valence-corrected chi connectivity index (χ4v) is 1.89. The number of anilines is 1. The van der Waals surface area contributed by atoms with E-state index in [0.717, 1.165) is 23.9 Å². The van der Waals surface area contributed by atoms with Gasteiger partial charge in [0.15, 0.2) is 0 Å². The van der Waals surface area contributed by atoms with Gasteiger partial charge in [0.1, 0.15) is 11.6 Å². The molecule has 0 radical (unpaired) electrons. The van der Waals surface area contributed by atoms with Crippen LogP contribution < -0.4 is 5.32 Å². The fraction of sp³-hybridized carbons (Fsp3) is 0.636. The molecule has 1 rings (SSSR count). The van der Waals surface area contributed by atoms with Gasteiger partial charge in [-0.15, -0.1) is 0 Å². The number of hydrogen-bond acceptors (Lipinski definition) is 4. The number of rotatable bonds is 6. The van der Waals surface area contributed by atoms with Gasteiger partial charge in [-0.2, -0.15) is 11.8 Å². The zero-order valence-electron chi connectivity index (χ0n) is 9.71. The van der Waals surface area contributed by atoms with Crippen molar-refractivity contribution in [2.75, 3.05) is 23.9 Å². The quantitative estimate of drug-likeness (QED) is 0.755. The molecule has 0 spiro atoms. The lowest BCUT2D eigenvalue weighted by Crippen LogP contribution is -2.05. The van der Waals surface area contributed by atoms with Gasteiger partial charge in [-0.1, -0.05) is 0 Å². The molecule has 0 aliphatic carbocycles. The van der Waals surface area contributed by atoms with Gasteiger partial charge in [0.25, 0.3) is 0 Å². The average Bonchev–Trinajstić information content (AvgIpc) is 2.16. The smallest absolute Gasteiger partial charge is 0.129 e. The maximum absolute atomic E-state index is 4.32. The van der Waals surface area contributed by atoms with E-state index in [1.807, 2.05) is 31.7 Å². The van der Waals surface area contributed by atoms with Crippen molar-refractivity contribution in [2.45, 2.75) is 26.7 Å². The lowest BCUT2D eigenvalue weighted by molar-refractivity contribution is 0.836. The summed E-state index contributed by atoms with van der Waals surface area (Å²) in [6, 6.07) is 1.99. The van der Waals surface area contributed by atoms with Crippen molar-refractivity contribution in [3.05, 3.63) is 17.6 Å². The average molecular weight is 225 g/mol. The number of nitrogens with one attached hydrogen (secondary N) is 1. The van der Waals surface area contributed by atoms with E-state index in [-0.39, 0.29) is 0 Å². The normalized spacial score (nSPS) is 10.3. The molecule has 15 heavy (non-hydrogen) atoms. The highest BCUT2D eigenvalue weighted by atomic mass is 32.2. The molecule has 1 aromatic rings. The SMILES string of the molecule is CSCCCCNc1cc(C)nc(C)n1. The molecule has 0 aliphatic rings. The number of hydrogen-bond donors (Lipinski definition) is 1. The zero-order valence-corrected chi connectivity index (χ0v) is 10.5. The second kappa shape index (κ2) is 6.67. The molecule has 0 amide bonds. The van der Waals surface area contributed by atoms with Gasteiger partial charge in [-0.05, 0) is 38.7 Å². The van der Waals surface area contributed by atoms with Crippen molar-refractivity contribution in [2.24, 2.45) is 0 Å². The van der Waals surface area contributed by atoms with Crippen LogP contribution in [0.4, 0.5) is 5.82 Å². The maximum Gasteiger partial charge on any atom is 0.129 e. The predicted octanol–water partition coefficient (Wildman–Crippen LogP) is 2.65. The molecule has 0 saturated carbocycles. The number of thioether (sulfide) groups is 1. The molecule has 0 saturated heterocycles. The minimum atomic E-state index is 0.835. The van der Waals surface area contributed by atoms with Crippen molar-refractivity contribution >= 4 is 17.6 Å². The molecule has 1 N–H and O–H groups in total. The Kier molecular flexibility index (Phi) is 5.47. The monoisotopic (exact) mass is 225 g/mol. The van der Waals surface area contributed by atoms with E-state index in [0.29, 0.717) is 0 Å². The van der Waals surface area contributed by atoms with Crippen LogP contribution in [-0.2, 0) is 0 Å². The summed E-state index contributed by atoms with van der Waals surface area (Å²) in [4.78, 5) is 8.56. The molecule has 0 fully saturated rings. The fourth-order valence-electron chi connectivity index (χ4n) is 1.40. The third-order valence-corrected chi connectivity index (χ3v) is 2.74.